The highest BCUT2D eigenvalue weighted by Crippen LogP contribution is 2.33. The standard InChI is InChI=1S/C19H22N2O3/c1-19(2,3)24-18(22)21-16-8-15(9-17(21)12-23-11-16)14-6-4-13(10-20)5-7-14/h4-8,16-17H,9,11-12H2,1-3H3. The molecule has 2 unspecified atom stereocenters. The molecule has 0 aromatic heterocycles. The zero-order valence-corrected chi connectivity index (χ0v) is 14.3. The summed E-state index contributed by atoms with van der Waals surface area (Å²) in [6.45, 7) is 6.62. The molecule has 0 spiro atoms. The molecule has 2 aliphatic heterocycles. The number of nitrogens with zero attached hydrogens (tertiary/aromatic N) is 2. The van der Waals surface area contributed by atoms with Gasteiger partial charge in [0.05, 0.1) is 36.9 Å². The number of hydrogen-bond acceptors (Lipinski definition) is 4. The minimum Gasteiger partial charge on any atom is -0.444 e. The third-order valence-electron chi connectivity index (χ3n) is 4.19. The van der Waals surface area contributed by atoms with Crippen molar-refractivity contribution in [2.75, 3.05) is 13.2 Å². The van der Waals surface area contributed by atoms with Gasteiger partial charge in [0, 0.05) is 0 Å². The molecule has 2 aliphatic rings. The van der Waals surface area contributed by atoms with E-state index in [1.54, 1.807) is 0 Å². The van der Waals surface area contributed by atoms with Crippen LogP contribution in [-0.4, -0.2) is 41.9 Å². The Hall–Kier alpha value is -2.32. The normalized spacial score (nSPS) is 23.2. The van der Waals surface area contributed by atoms with Gasteiger partial charge in [-0.3, -0.25) is 4.90 Å². The molecule has 3 rings (SSSR count). The van der Waals surface area contributed by atoms with E-state index in [2.05, 4.69) is 12.1 Å². The van der Waals surface area contributed by atoms with Gasteiger partial charge in [0.25, 0.3) is 0 Å². The van der Waals surface area contributed by atoms with Crippen LogP contribution in [0.1, 0.15) is 38.3 Å². The van der Waals surface area contributed by atoms with Crippen LogP contribution in [0, 0.1) is 11.3 Å². The van der Waals surface area contributed by atoms with Gasteiger partial charge < -0.3 is 9.47 Å². The molecule has 1 fully saturated rings. The molecule has 1 aromatic rings. The number of rotatable bonds is 1. The predicted molar refractivity (Wildman–Crippen MR) is 90.2 cm³/mol. The Balaban J connectivity index is 1.84. The Kier molecular flexibility index (Phi) is 4.33. The van der Waals surface area contributed by atoms with Crippen molar-refractivity contribution in [1.82, 2.24) is 4.90 Å². The highest BCUT2D eigenvalue weighted by atomic mass is 16.6. The van der Waals surface area contributed by atoms with Crippen molar-refractivity contribution in [2.45, 2.75) is 44.9 Å². The van der Waals surface area contributed by atoms with E-state index < -0.39 is 5.60 Å². The van der Waals surface area contributed by atoms with Gasteiger partial charge in [-0.05, 0) is 50.5 Å². The van der Waals surface area contributed by atoms with Gasteiger partial charge in [-0.1, -0.05) is 18.2 Å². The van der Waals surface area contributed by atoms with Crippen molar-refractivity contribution in [3.05, 3.63) is 41.5 Å². The lowest BCUT2D eigenvalue weighted by Gasteiger charge is -2.44. The van der Waals surface area contributed by atoms with Crippen LogP contribution < -0.4 is 0 Å². The zero-order chi connectivity index (χ0) is 17.3. The first kappa shape index (κ1) is 16.5. The molecule has 1 aromatic carbocycles. The van der Waals surface area contributed by atoms with E-state index in [1.165, 1.54) is 5.57 Å². The second kappa shape index (κ2) is 6.29. The second-order valence-corrected chi connectivity index (χ2v) is 7.23. The van der Waals surface area contributed by atoms with E-state index in [-0.39, 0.29) is 18.2 Å². The monoisotopic (exact) mass is 326 g/mol. The molecule has 5 nitrogen and oxygen atoms in total. The van der Waals surface area contributed by atoms with E-state index in [9.17, 15) is 4.79 Å². The van der Waals surface area contributed by atoms with Gasteiger partial charge >= 0.3 is 6.09 Å². The SMILES string of the molecule is CC(C)(C)OC(=O)N1C2C=C(c3ccc(C#N)cc3)CC1COC2. The van der Waals surface area contributed by atoms with Crippen LogP contribution in [0.25, 0.3) is 5.57 Å². The lowest BCUT2D eigenvalue weighted by molar-refractivity contribution is -0.0510. The fraction of sp³-hybridized carbons (Fsp3) is 0.474. The maximum absolute atomic E-state index is 12.5. The largest absolute Gasteiger partial charge is 0.444 e. The third-order valence-corrected chi connectivity index (χ3v) is 4.19. The molecule has 2 heterocycles. The van der Waals surface area contributed by atoms with Crippen molar-refractivity contribution >= 4 is 11.7 Å². The lowest BCUT2D eigenvalue weighted by atomic mass is 9.90. The minimum atomic E-state index is -0.511. The molecule has 126 valence electrons. The summed E-state index contributed by atoms with van der Waals surface area (Å²) in [6, 6.07) is 9.57. The third kappa shape index (κ3) is 3.44. The van der Waals surface area contributed by atoms with Crippen LogP contribution in [0.15, 0.2) is 30.3 Å². The molecule has 0 aliphatic carbocycles. The summed E-state index contributed by atoms with van der Waals surface area (Å²) in [5.74, 6) is 0. The molecule has 1 saturated heterocycles. The predicted octanol–water partition coefficient (Wildman–Crippen LogP) is 3.35. The Labute approximate surface area is 142 Å². The maximum Gasteiger partial charge on any atom is 0.411 e. The summed E-state index contributed by atoms with van der Waals surface area (Å²) in [4.78, 5) is 14.3. The van der Waals surface area contributed by atoms with Gasteiger partial charge in [-0.2, -0.15) is 5.26 Å². The molecule has 2 bridgehead atoms. The van der Waals surface area contributed by atoms with Crippen molar-refractivity contribution in [1.29, 1.82) is 5.26 Å². The fourth-order valence-corrected chi connectivity index (χ4v) is 3.17. The van der Waals surface area contributed by atoms with Crippen LogP contribution in [0.5, 0.6) is 0 Å². The van der Waals surface area contributed by atoms with Crippen molar-refractivity contribution in [3.63, 3.8) is 0 Å². The number of carbonyl (C=O) groups is 1. The van der Waals surface area contributed by atoms with Crippen molar-refractivity contribution in [2.24, 2.45) is 0 Å². The van der Waals surface area contributed by atoms with Gasteiger partial charge in [-0.25, -0.2) is 4.79 Å². The smallest absolute Gasteiger partial charge is 0.411 e. The molecule has 0 radical (unpaired) electrons. The number of nitriles is 1. The molecular weight excluding hydrogens is 304 g/mol. The summed E-state index contributed by atoms with van der Waals surface area (Å²) in [7, 11) is 0. The number of amides is 1. The van der Waals surface area contributed by atoms with Crippen LogP contribution in [0.2, 0.25) is 0 Å². The van der Waals surface area contributed by atoms with Gasteiger partial charge in [-0.15, -0.1) is 0 Å². The summed E-state index contributed by atoms with van der Waals surface area (Å²) >= 11 is 0. The Morgan fingerprint density at radius 3 is 2.58 bits per heavy atom. The van der Waals surface area contributed by atoms with E-state index in [4.69, 9.17) is 14.7 Å². The molecular formula is C19H22N2O3. The molecule has 0 N–H and O–H groups in total. The van der Waals surface area contributed by atoms with Crippen molar-refractivity contribution in [3.8, 4) is 6.07 Å². The number of ether oxygens (including phenoxy) is 2. The Morgan fingerprint density at radius 1 is 1.29 bits per heavy atom. The average molecular weight is 326 g/mol. The van der Waals surface area contributed by atoms with Crippen LogP contribution >= 0.6 is 0 Å². The number of hydrogen-bond donors (Lipinski definition) is 0. The molecule has 24 heavy (non-hydrogen) atoms. The van der Waals surface area contributed by atoms with E-state index in [0.29, 0.717) is 18.8 Å². The molecule has 0 saturated carbocycles. The maximum atomic E-state index is 12.5. The minimum absolute atomic E-state index is 0.0192. The van der Waals surface area contributed by atoms with Gasteiger partial charge in [0.1, 0.15) is 5.60 Å². The number of fused-ring (bicyclic) bond motifs is 2. The molecule has 5 heteroatoms. The number of morpholine rings is 1. The number of carbonyl (C=O) groups excluding carboxylic acids is 1. The molecule has 1 amide bonds. The summed E-state index contributed by atoms with van der Waals surface area (Å²) in [5.41, 5.74) is 2.42. The van der Waals surface area contributed by atoms with Crippen LogP contribution in [0.3, 0.4) is 0 Å². The van der Waals surface area contributed by atoms with E-state index in [0.717, 1.165) is 12.0 Å². The quantitative estimate of drug-likeness (QED) is 0.794. The fourth-order valence-electron chi connectivity index (χ4n) is 3.17. The average Bonchev–Trinajstić information content (AvgIpc) is 2.52. The first-order valence-electron chi connectivity index (χ1n) is 8.18. The van der Waals surface area contributed by atoms with E-state index in [1.807, 2.05) is 49.9 Å². The first-order chi connectivity index (χ1) is 11.4. The lowest BCUT2D eigenvalue weighted by Crippen LogP contribution is -2.57. The van der Waals surface area contributed by atoms with Crippen molar-refractivity contribution < 1.29 is 14.3 Å². The van der Waals surface area contributed by atoms with Crippen LogP contribution in [-0.2, 0) is 9.47 Å². The summed E-state index contributed by atoms with van der Waals surface area (Å²) < 4.78 is 11.2. The molecule has 2 atom stereocenters. The topological polar surface area (TPSA) is 62.6 Å². The first-order valence-corrected chi connectivity index (χ1v) is 8.18. The Bertz CT molecular complexity index is 695. The number of benzene rings is 1. The van der Waals surface area contributed by atoms with E-state index >= 15 is 0 Å². The highest BCUT2D eigenvalue weighted by molar-refractivity contribution is 5.75. The van der Waals surface area contributed by atoms with Crippen LogP contribution in [0.4, 0.5) is 4.79 Å². The summed E-state index contributed by atoms with van der Waals surface area (Å²) in [6.07, 6.45) is 2.53. The van der Waals surface area contributed by atoms with Gasteiger partial charge in [0.15, 0.2) is 0 Å². The second-order valence-electron chi connectivity index (χ2n) is 7.23. The Morgan fingerprint density at radius 2 is 2.00 bits per heavy atom. The summed E-state index contributed by atoms with van der Waals surface area (Å²) in [5, 5.41) is 8.92. The highest BCUT2D eigenvalue weighted by Gasteiger charge is 2.40. The van der Waals surface area contributed by atoms with Gasteiger partial charge in [0.2, 0.25) is 0 Å². The zero-order valence-electron chi connectivity index (χ0n) is 14.3.